The summed E-state index contributed by atoms with van der Waals surface area (Å²) in [5, 5.41) is 21.3. The summed E-state index contributed by atoms with van der Waals surface area (Å²) in [7, 11) is 0. The lowest BCUT2D eigenvalue weighted by Gasteiger charge is -2.26. The van der Waals surface area contributed by atoms with E-state index in [2.05, 4.69) is 0 Å². The van der Waals surface area contributed by atoms with Gasteiger partial charge in [0.25, 0.3) is 11.4 Å². The molecule has 0 bridgehead atoms. The van der Waals surface area contributed by atoms with Gasteiger partial charge in [-0.3, -0.25) is 25.0 Å². The molecule has 1 amide bonds. The number of nitro groups is 2. The lowest BCUT2D eigenvalue weighted by molar-refractivity contribution is -0.385. The minimum absolute atomic E-state index is 0.0460. The Kier molecular flexibility index (Phi) is 9.69. The van der Waals surface area contributed by atoms with Gasteiger partial charge in [0.15, 0.2) is 5.12 Å². The number of carbonyl (C=O) groups excluding carboxylic acids is 3. The Morgan fingerprint density at radius 3 is 2.05 bits per heavy atom. The molecule has 0 radical (unpaired) electrons. The first-order valence-electron chi connectivity index (χ1n) is 11.3. The van der Waals surface area contributed by atoms with Crippen LogP contribution < -0.4 is 0 Å². The number of non-ortho nitro benzene ring substituents is 2. The van der Waals surface area contributed by atoms with Crippen molar-refractivity contribution in [2.75, 3.05) is 6.54 Å². The van der Waals surface area contributed by atoms with Crippen molar-refractivity contribution in [3.05, 3.63) is 79.9 Å². The van der Waals surface area contributed by atoms with E-state index in [1.807, 2.05) is 0 Å². The molecule has 2 aromatic carbocycles. The summed E-state index contributed by atoms with van der Waals surface area (Å²) in [4.78, 5) is 58.3. The van der Waals surface area contributed by atoms with Crippen molar-refractivity contribution < 1.29 is 33.7 Å². The number of hydrogen-bond acceptors (Lipinski definition) is 10. The summed E-state index contributed by atoms with van der Waals surface area (Å²) >= 11 is 1.12. The molecule has 1 heterocycles. The molecule has 1 aliphatic rings. The minimum Gasteiger partial charge on any atom is -0.445 e. The van der Waals surface area contributed by atoms with E-state index in [0.717, 1.165) is 11.8 Å². The normalized spacial score (nSPS) is 17.7. The maximum absolute atomic E-state index is 12.9. The molecule has 37 heavy (non-hydrogen) atoms. The summed E-state index contributed by atoms with van der Waals surface area (Å²) in [5.41, 5.74) is 1.08. The predicted molar refractivity (Wildman–Crippen MR) is 133 cm³/mol. The highest BCUT2D eigenvalue weighted by Gasteiger charge is 2.38. The lowest BCUT2D eigenvalue weighted by atomic mass is 10.1. The summed E-state index contributed by atoms with van der Waals surface area (Å²) in [6.07, 6.45) is -0.210. The van der Waals surface area contributed by atoms with Gasteiger partial charge in [-0.25, -0.2) is 4.79 Å². The van der Waals surface area contributed by atoms with Crippen LogP contribution in [0.5, 0.6) is 0 Å². The molecule has 0 spiro atoms. The molecule has 12 nitrogen and oxygen atoms in total. The maximum atomic E-state index is 12.9. The fraction of sp³-hybridized carbons (Fsp3) is 0.375. The number of carbonyl (C=O) groups is 3. The Balaban J connectivity index is 1.61. The lowest BCUT2D eigenvalue weighted by Crippen LogP contribution is -2.38. The van der Waals surface area contributed by atoms with Gasteiger partial charge in [0.1, 0.15) is 19.0 Å². The SMILES string of the molecule is CC(=O)S[C@H]1C[C@@H](CC(C=O)OCc2ccc([N+](=O)[O-])cc2)N(C(=O)OCc2ccc([N+](=O)[O-])cc2)C1. The topological polar surface area (TPSA) is 159 Å². The molecule has 0 aliphatic carbocycles. The number of nitro benzene ring substituents is 2. The highest BCUT2D eigenvalue weighted by atomic mass is 32.2. The van der Waals surface area contributed by atoms with Crippen molar-refractivity contribution in [1.82, 2.24) is 4.90 Å². The Labute approximate surface area is 216 Å². The molecule has 0 saturated carbocycles. The third-order valence-electron chi connectivity index (χ3n) is 5.72. The fourth-order valence-electron chi connectivity index (χ4n) is 3.93. The molecule has 196 valence electrons. The molecule has 3 rings (SSSR count). The van der Waals surface area contributed by atoms with Crippen LogP contribution in [0.3, 0.4) is 0 Å². The van der Waals surface area contributed by atoms with Crippen molar-refractivity contribution in [1.29, 1.82) is 0 Å². The second kappa shape index (κ2) is 12.9. The quantitative estimate of drug-likeness (QED) is 0.235. The van der Waals surface area contributed by atoms with Crippen LogP contribution in [0.4, 0.5) is 16.2 Å². The number of aldehydes is 1. The third kappa shape index (κ3) is 8.08. The zero-order chi connectivity index (χ0) is 26.9. The average Bonchev–Trinajstić information content (AvgIpc) is 3.26. The largest absolute Gasteiger partial charge is 0.445 e. The molecule has 1 aliphatic heterocycles. The van der Waals surface area contributed by atoms with Gasteiger partial charge in [-0.15, -0.1) is 0 Å². The molecule has 3 atom stereocenters. The van der Waals surface area contributed by atoms with E-state index >= 15 is 0 Å². The van der Waals surface area contributed by atoms with Crippen LogP contribution in [-0.2, 0) is 32.3 Å². The van der Waals surface area contributed by atoms with Gasteiger partial charge < -0.3 is 19.2 Å². The number of hydrogen-bond donors (Lipinski definition) is 0. The van der Waals surface area contributed by atoms with Gasteiger partial charge in [0, 0.05) is 55.4 Å². The molecule has 1 fully saturated rings. The maximum Gasteiger partial charge on any atom is 0.410 e. The number of thioether (sulfide) groups is 1. The van der Waals surface area contributed by atoms with Crippen LogP contribution in [-0.4, -0.2) is 56.2 Å². The van der Waals surface area contributed by atoms with E-state index < -0.39 is 28.1 Å². The summed E-state index contributed by atoms with van der Waals surface area (Å²) < 4.78 is 11.1. The van der Waals surface area contributed by atoms with E-state index in [-0.39, 0.29) is 47.9 Å². The summed E-state index contributed by atoms with van der Waals surface area (Å²) in [6.45, 7) is 1.64. The molecule has 1 unspecified atom stereocenters. The summed E-state index contributed by atoms with van der Waals surface area (Å²) in [6, 6.07) is 11.0. The number of ether oxygens (including phenoxy) is 2. The number of rotatable bonds is 11. The fourth-order valence-corrected chi connectivity index (χ4v) is 4.95. The average molecular weight is 532 g/mol. The van der Waals surface area contributed by atoms with Gasteiger partial charge in [-0.05, 0) is 41.8 Å². The van der Waals surface area contributed by atoms with Crippen LogP contribution in [0, 0.1) is 20.2 Å². The zero-order valence-corrected chi connectivity index (χ0v) is 20.7. The van der Waals surface area contributed by atoms with Crippen LogP contribution >= 0.6 is 11.8 Å². The first kappa shape index (κ1) is 27.7. The molecule has 0 aromatic heterocycles. The number of amides is 1. The smallest absolute Gasteiger partial charge is 0.410 e. The highest BCUT2D eigenvalue weighted by molar-refractivity contribution is 8.14. The first-order valence-corrected chi connectivity index (χ1v) is 12.2. The minimum atomic E-state index is -0.855. The molecule has 13 heteroatoms. The zero-order valence-electron chi connectivity index (χ0n) is 19.9. The molecular weight excluding hydrogens is 506 g/mol. The van der Waals surface area contributed by atoms with Gasteiger partial charge in [0.2, 0.25) is 0 Å². The van der Waals surface area contributed by atoms with Crippen LogP contribution in [0.25, 0.3) is 0 Å². The Bertz CT molecular complexity index is 1140. The Morgan fingerprint density at radius 2 is 1.57 bits per heavy atom. The Morgan fingerprint density at radius 1 is 1.03 bits per heavy atom. The summed E-state index contributed by atoms with van der Waals surface area (Å²) in [5.74, 6) is 0. The van der Waals surface area contributed by atoms with Crippen LogP contribution in [0.15, 0.2) is 48.5 Å². The van der Waals surface area contributed by atoms with E-state index in [1.54, 1.807) is 0 Å². The number of benzene rings is 2. The predicted octanol–water partition coefficient (Wildman–Crippen LogP) is 4.04. The second-order valence-corrected chi connectivity index (χ2v) is 9.87. The van der Waals surface area contributed by atoms with E-state index in [4.69, 9.17) is 9.47 Å². The molecule has 0 N–H and O–H groups in total. The second-order valence-electron chi connectivity index (χ2n) is 8.40. The third-order valence-corrected chi connectivity index (χ3v) is 6.73. The Hall–Kier alpha value is -3.84. The number of nitrogens with zero attached hydrogens (tertiary/aromatic N) is 3. The van der Waals surface area contributed by atoms with Gasteiger partial charge in [-0.2, -0.15) is 0 Å². The molecule has 1 saturated heterocycles. The number of likely N-dealkylation sites (tertiary alicyclic amines) is 1. The van der Waals surface area contributed by atoms with Gasteiger partial charge in [-0.1, -0.05) is 11.8 Å². The van der Waals surface area contributed by atoms with Crippen molar-refractivity contribution in [2.24, 2.45) is 0 Å². The van der Waals surface area contributed by atoms with Crippen LogP contribution in [0.1, 0.15) is 30.9 Å². The van der Waals surface area contributed by atoms with E-state index in [1.165, 1.54) is 60.4 Å². The van der Waals surface area contributed by atoms with E-state index in [9.17, 15) is 34.6 Å². The molecule has 2 aromatic rings. The standard InChI is InChI=1S/C24H25N3O9S/c1-16(29)37-23-11-21(10-22(13-28)35-14-17-2-6-19(7-3-17)26(31)32)25(12-23)24(30)36-15-18-4-8-20(9-5-18)27(33)34/h2-9,13,21-23H,10-12,14-15H2,1H3/t21-,22?,23+/m1/s1. The monoisotopic (exact) mass is 531 g/mol. The highest BCUT2D eigenvalue weighted by Crippen LogP contribution is 2.31. The van der Waals surface area contributed by atoms with Crippen molar-refractivity contribution in [2.45, 2.75) is 50.4 Å². The van der Waals surface area contributed by atoms with E-state index in [0.29, 0.717) is 23.8 Å². The first-order chi connectivity index (χ1) is 17.7. The molecular formula is C24H25N3O9S. The van der Waals surface area contributed by atoms with Crippen molar-refractivity contribution >= 4 is 40.6 Å². The van der Waals surface area contributed by atoms with Gasteiger partial charge >= 0.3 is 6.09 Å². The van der Waals surface area contributed by atoms with Crippen LogP contribution in [0.2, 0.25) is 0 Å². The van der Waals surface area contributed by atoms with Crippen molar-refractivity contribution in [3.63, 3.8) is 0 Å². The van der Waals surface area contributed by atoms with Gasteiger partial charge in [0.05, 0.1) is 16.5 Å². The van der Waals surface area contributed by atoms with Crippen molar-refractivity contribution in [3.8, 4) is 0 Å².